The van der Waals surface area contributed by atoms with Crippen molar-refractivity contribution < 1.29 is 9.53 Å². The smallest absolute Gasteiger partial charge is 0.355 e. The maximum absolute atomic E-state index is 11.9. The van der Waals surface area contributed by atoms with Crippen LogP contribution in [-0.2, 0) is 11.3 Å². The van der Waals surface area contributed by atoms with Gasteiger partial charge in [-0.1, -0.05) is 0 Å². The van der Waals surface area contributed by atoms with E-state index in [1.807, 2.05) is 30.7 Å². The highest BCUT2D eigenvalue weighted by molar-refractivity contribution is 5.89. The summed E-state index contributed by atoms with van der Waals surface area (Å²) in [7, 11) is 0. The molecule has 1 fully saturated rings. The maximum atomic E-state index is 11.9. The van der Waals surface area contributed by atoms with Gasteiger partial charge in [-0.05, 0) is 51.4 Å². The average Bonchev–Trinajstić information content (AvgIpc) is 2.96. The van der Waals surface area contributed by atoms with Gasteiger partial charge >= 0.3 is 5.97 Å². The molecule has 1 aromatic heterocycles. The van der Waals surface area contributed by atoms with Gasteiger partial charge in [0.15, 0.2) is 0 Å². The van der Waals surface area contributed by atoms with Crippen LogP contribution in [0.25, 0.3) is 0 Å². The molecular weight excluding hydrogens is 228 g/mol. The third-order valence-electron chi connectivity index (χ3n) is 3.49. The summed E-state index contributed by atoms with van der Waals surface area (Å²) in [5, 5.41) is 0. The van der Waals surface area contributed by atoms with Crippen molar-refractivity contribution >= 4 is 5.97 Å². The highest BCUT2D eigenvalue weighted by Gasteiger charge is 2.17. The monoisotopic (exact) mass is 250 g/mol. The van der Waals surface area contributed by atoms with E-state index in [2.05, 4.69) is 4.90 Å². The fourth-order valence-electron chi connectivity index (χ4n) is 2.50. The third kappa shape index (κ3) is 2.93. The molecule has 18 heavy (non-hydrogen) atoms. The van der Waals surface area contributed by atoms with E-state index in [9.17, 15) is 4.79 Å². The molecule has 4 heteroatoms. The van der Waals surface area contributed by atoms with Crippen molar-refractivity contribution in [2.45, 2.75) is 33.2 Å². The quantitative estimate of drug-likeness (QED) is 0.750. The van der Waals surface area contributed by atoms with Gasteiger partial charge < -0.3 is 14.2 Å². The summed E-state index contributed by atoms with van der Waals surface area (Å²) < 4.78 is 7.13. The minimum absolute atomic E-state index is 0.207. The first-order valence-electron chi connectivity index (χ1n) is 6.77. The van der Waals surface area contributed by atoms with Gasteiger partial charge in [-0.15, -0.1) is 0 Å². The lowest BCUT2D eigenvalue weighted by molar-refractivity contribution is 0.0512. The van der Waals surface area contributed by atoms with E-state index in [0.29, 0.717) is 12.3 Å². The van der Waals surface area contributed by atoms with Crippen LogP contribution in [0.1, 0.15) is 35.8 Å². The molecular formula is C14H22N2O2. The number of likely N-dealkylation sites (tertiary alicyclic amines) is 1. The normalized spacial score (nSPS) is 16.1. The Morgan fingerprint density at radius 1 is 1.33 bits per heavy atom. The highest BCUT2D eigenvalue weighted by atomic mass is 16.5. The first-order chi connectivity index (χ1) is 8.72. The van der Waals surface area contributed by atoms with E-state index in [1.165, 1.54) is 25.9 Å². The SMILES string of the molecule is CCOC(=O)c1c(C)ccn1CCN1CCCC1. The van der Waals surface area contributed by atoms with Crippen molar-refractivity contribution in [3.05, 3.63) is 23.5 Å². The van der Waals surface area contributed by atoms with Crippen LogP contribution in [0.2, 0.25) is 0 Å². The lowest BCUT2D eigenvalue weighted by atomic mass is 10.3. The molecule has 2 heterocycles. The van der Waals surface area contributed by atoms with Gasteiger partial charge in [-0.3, -0.25) is 0 Å². The summed E-state index contributed by atoms with van der Waals surface area (Å²) in [6, 6.07) is 1.98. The highest BCUT2D eigenvalue weighted by Crippen LogP contribution is 2.13. The van der Waals surface area contributed by atoms with E-state index >= 15 is 0 Å². The van der Waals surface area contributed by atoms with Crippen molar-refractivity contribution in [2.24, 2.45) is 0 Å². The van der Waals surface area contributed by atoms with Gasteiger partial charge in [0.05, 0.1) is 6.61 Å². The number of esters is 1. The first-order valence-corrected chi connectivity index (χ1v) is 6.77. The van der Waals surface area contributed by atoms with Crippen molar-refractivity contribution in [3.8, 4) is 0 Å². The Balaban J connectivity index is 2.01. The molecule has 0 bridgehead atoms. The van der Waals surface area contributed by atoms with Crippen LogP contribution < -0.4 is 0 Å². The molecule has 0 saturated carbocycles. The summed E-state index contributed by atoms with van der Waals surface area (Å²) in [5.74, 6) is -0.207. The fourth-order valence-corrected chi connectivity index (χ4v) is 2.50. The molecule has 1 saturated heterocycles. The van der Waals surface area contributed by atoms with Gasteiger partial charge in [0.25, 0.3) is 0 Å². The zero-order valence-electron chi connectivity index (χ0n) is 11.3. The molecule has 0 amide bonds. The first kappa shape index (κ1) is 13.1. The molecule has 4 nitrogen and oxygen atoms in total. The number of aromatic nitrogens is 1. The van der Waals surface area contributed by atoms with Crippen molar-refractivity contribution in [1.29, 1.82) is 0 Å². The summed E-state index contributed by atoms with van der Waals surface area (Å²) in [5.41, 5.74) is 1.70. The number of rotatable bonds is 5. The number of carbonyl (C=O) groups excluding carboxylic acids is 1. The number of carbonyl (C=O) groups is 1. The summed E-state index contributed by atoms with van der Waals surface area (Å²) in [6.07, 6.45) is 4.59. The number of hydrogen-bond acceptors (Lipinski definition) is 3. The van der Waals surface area contributed by atoms with E-state index in [1.54, 1.807) is 0 Å². The minimum atomic E-state index is -0.207. The molecule has 0 radical (unpaired) electrons. The molecule has 2 rings (SSSR count). The van der Waals surface area contributed by atoms with Crippen molar-refractivity contribution in [2.75, 3.05) is 26.2 Å². The van der Waals surface area contributed by atoms with Gasteiger partial charge in [0.2, 0.25) is 0 Å². The van der Waals surface area contributed by atoms with Gasteiger partial charge in [-0.2, -0.15) is 0 Å². The fraction of sp³-hybridized carbons (Fsp3) is 0.643. The zero-order chi connectivity index (χ0) is 13.0. The van der Waals surface area contributed by atoms with E-state index in [0.717, 1.165) is 18.7 Å². The second kappa shape index (κ2) is 6.05. The molecule has 0 aromatic carbocycles. The van der Waals surface area contributed by atoms with Crippen LogP contribution in [-0.4, -0.2) is 41.7 Å². The number of nitrogens with zero attached hydrogens (tertiary/aromatic N) is 2. The number of hydrogen-bond donors (Lipinski definition) is 0. The molecule has 100 valence electrons. The standard InChI is InChI=1S/C14H22N2O2/c1-3-18-14(17)13-12(2)6-9-16(13)11-10-15-7-4-5-8-15/h6,9H,3-5,7-8,10-11H2,1-2H3. The second-order valence-corrected chi connectivity index (χ2v) is 4.81. The Morgan fingerprint density at radius 3 is 2.72 bits per heavy atom. The van der Waals surface area contributed by atoms with Gasteiger partial charge in [-0.25, -0.2) is 4.79 Å². The van der Waals surface area contributed by atoms with Gasteiger partial charge in [0.1, 0.15) is 5.69 Å². The Kier molecular flexibility index (Phi) is 4.42. The van der Waals surface area contributed by atoms with Crippen LogP contribution >= 0.6 is 0 Å². The van der Waals surface area contributed by atoms with Crippen molar-refractivity contribution in [3.63, 3.8) is 0 Å². The van der Waals surface area contributed by atoms with Crippen LogP contribution in [0.5, 0.6) is 0 Å². The minimum Gasteiger partial charge on any atom is -0.461 e. The predicted octanol–water partition coefficient (Wildman–Crippen LogP) is 2.07. The van der Waals surface area contributed by atoms with Crippen molar-refractivity contribution in [1.82, 2.24) is 9.47 Å². The van der Waals surface area contributed by atoms with Crippen LogP contribution in [0.3, 0.4) is 0 Å². The molecule has 0 aliphatic carbocycles. The summed E-state index contributed by atoms with van der Waals surface area (Å²) >= 11 is 0. The average molecular weight is 250 g/mol. The van der Waals surface area contributed by atoms with Crippen LogP contribution in [0.15, 0.2) is 12.3 Å². The van der Waals surface area contributed by atoms with E-state index in [4.69, 9.17) is 4.74 Å². The Hall–Kier alpha value is -1.29. The lowest BCUT2D eigenvalue weighted by Gasteiger charge is -2.16. The van der Waals surface area contributed by atoms with Crippen LogP contribution in [0.4, 0.5) is 0 Å². The molecule has 0 N–H and O–H groups in total. The lowest BCUT2D eigenvalue weighted by Crippen LogP contribution is -2.25. The number of aryl methyl sites for hydroxylation is 1. The molecule has 0 unspecified atom stereocenters. The predicted molar refractivity (Wildman–Crippen MR) is 70.8 cm³/mol. The van der Waals surface area contributed by atoms with Gasteiger partial charge in [0, 0.05) is 19.3 Å². The summed E-state index contributed by atoms with van der Waals surface area (Å²) in [4.78, 5) is 14.3. The van der Waals surface area contributed by atoms with Crippen LogP contribution in [0, 0.1) is 6.92 Å². The molecule has 0 spiro atoms. The molecule has 1 aromatic rings. The third-order valence-corrected chi connectivity index (χ3v) is 3.49. The largest absolute Gasteiger partial charge is 0.461 e. The van der Waals surface area contributed by atoms with E-state index in [-0.39, 0.29) is 5.97 Å². The maximum Gasteiger partial charge on any atom is 0.355 e. The Labute approximate surface area is 109 Å². The number of ether oxygens (including phenoxy) is 1. The molecule has 1 aliphatic heterocycles. The zero-order valence-corrected chi connectivity index (χ0v) is 11.3. The Morgan fingerprint density at radius 2 is 2.06 bits per heavy atom. The second-order valence-electron chi connectivity index (χ2n) is 4.81. The molecule has 1 aliphatic rings. The molecule has 0 atom stereocenters. The summed E-state index contributed by atoms with van der Waals surface area (Å²) in [6.45, 7) is 8.48. The van der Waals surface area contributed by atoms with E-state index < -0.39 is 0 Å². The topological polar surface area (TPSA) is 34.5 Å². The Bertz CT molecular complexity index is 406.